The molecule has 0 saturated carbocycles. The Morgan fingerprint density at radius 3 is 2.02 bits per heavy atom. The number of carbonyl (C=O) groups is 2. The summed E-state index contributed by atoms with van der Waals surface area (Å²) in [7, 11) is 1.12. The molecule has 13 heteroatoms. The molecule has 0 bridgehead atoms. The summed E-state index contributed by atoms with van der Waals surface area (Å²) in [5.41, 5.74) is 0.585. The average Bonchev–Trinajstić information content (AvgIpc) is 3.06. The Morgan fingerprint density at radius 2 is 1.46 bits per heavy atom. The summed E-state index contributed by atoms with van der Waals surface area (Å²) in [6, 6.07) is 13.1. The van der Waals surface area contributed by atoms with Crippen molar-refractivity contribution < 1.29 is 41.3 Å². The van der Waals surface area contributed by atoms with E-state index in [-0.39, 0.29) is 47.0 Å². The van der Waals surface area contributed by atoms with E-state index in [1.165, 1.54) is 87.9 Å². The summed E-state index contributed by atoms with van der Waals surface area (Å²) >= 11 is 0. The van der Waals surface area contributed by atoms with Gasteiger partial charge in [-0.1, -0.05) is 26.0 Å². The molecule has 2 amide bonds. The highest BCUT2D eigenvalue weighted by molar-refractivity contribution is 7.92. The Bertz CT molecular complexity index is 1600. The van der Waals surface area contributed by atoms with Crippen molar-refractivity contribution in [2.24, 2.45) is 0 Å². The fourth-order valence-corrected chi connectivity index (χ4v) is 6.19. The van der Waals surface area contributed by atoms with E-state index < -0.39 is 34.3 Å². The number of methoxy groups -OCH3 is 4. The molecule has 0 unspecified atom stereocenters. The van der Waals surface area contributed by atoms with Crippen LogP contribution < -0.4 is 28.6 Å². The third-order valence-corrected chi connectivity index (χ3v) is 9.29. The van der Waals surface area contributed by atoms with Gasteiger partial charge in [-0.15, -0.1) is 0 Å². The van der Waals surface area contributed by atoms with Crippen LogP contribution >= 0.6 is 0 Å². The maximum atomic E-state index is 14.4. The number of carbonyl (C=O) groups excluding carboxylic acids is 2. The van der Waals surface area contributed by atoms with Crippen LogP contribution in [0.3, 0.4) is 0 Å². The summed E-state index contributed by atoms with van der Waals surface area (Å²) in [4.78, 5) is 29.0. The Balaban J connectivity index is 2.19. The van der Waals surface area contributed by atoms with E-state index in [0.717, 1.165) is 4.31 Å². The van der Waals surface area contributed by atoms with E-state index in [2.05, 4.69) is 5.32 Å². The second-order valence-corrected chi connectivity index (χ2v) is 12.3. The molecule has 0 aromatic heterocycles. The summed E-state index contributed by atoms with van der Waals surface area (Å²) in [6.45, 7) is 4.74. The standard InChI is InChI=1S/C33H42FN3O8S/c1-8-22(3)35-33(39)27(9-2)36(20-23-10-12-24(34)13-11-23)32(38)21-37(28-18-25(42-4)14-16-29(28)43-5)46(40,41)26-15-17-30(44-6)31(19-26)45-7/h10-19,22,27H,8-9,20-21H2,1-7H3,(H,35,39)/t22-,27-/m0/s1. The molecule has 3 aromatic carbocycles. The predicted octanol–water partition coefficient (Wildman–Crippen LogP) is 4.78. The largest absolute Gasteiger partial charge is 0.497 e. The maximum absolute atomic E-state index is 14.4. The molecular formula is C33H42FN3O8S. The zero-order valence-electron chi connectivity index (χ0n) is 27.2. The number of sulfonamides is 1. The molecule has 3 rings (SSSR count). The van der Waals surface area contributed by atoms with Crippen LogP contribution in [0.2, 0.25) is 0 Å². The first kappa shape index (κ1) is 36.0. The van der Waals surface area contributed by atoms with Gasteiger partial charge >= 0.3 is 0 Å². The third kappa shape index (κ3) is 8.39. The zero-order valence-corrected chi connectivity index (χ0v) is 28.0. The molecular weight excluding hydrogens is 617 g/mol. The minimum absolute atomic E-state index is 0.0313. The molecule has 0 fully saturated rings. The third-order valence-electron chi connectivity index (χ3n) is 7.53. The number of anilines is 1. The first-order valence-corrected chi connectivity index (χ1v) is 16.2. The van der Waals surface area contributed by atoms with Crippen molar-refractivity contribution in [1.82, 2.24) is 10.2 Å². The molecule has 250 valence electrons. The summed E-state index contributed by atoms with van der Waals surface area (Å²) in [5, 5.41) is 2.92. The maximum Gasteiger partial charge on any atom is 0.265 e. The number of amides is 2. The predicted molar refractivity (Wildman–Crippen MR) is 173 cm³/mol. The molecule has 11 nitrogen and oxygen atoms in total. The van der Waals surface area contributed by atoms with Crippen LogP contribution in [0.5, 0.6) is 23.0 Å². The van der Waals surface area contributed by atoms with Gasteiger partial charge in [-0.05, 0) is 61.7 Å². The van der Waals surface area contributed by atoms with Gasteiger partial charge in [-0.3, -0.25) is 13.9 Å². The molecule has 0 saturated heterocycles. The second kappa shape index (κ2) is 16.2. The van der Waals surface area contributed by atoms with Gasteiger partial charge in [0, 0.05) is 24.7 Å². The normalized spacial score (nSPS) is 12.4. The molecule has 2 atom stereocenters. The van der Waals surface area contributed by atoms with E-state index in [1.807, 2.05) is 13.8 Å². The van der Waals surface area contributed by atoms with Crippen LogP contribution in [0, 0.1) is 5.82 Å². The first-order valence-electron chi connectivity index (χ1n) is 14.7. The van der Waals surface area contributed by atoms with Gasteiger partial charge in [-0.2, -0.15) is 0 Å². The lowest BCUT2D eigenvalue weighted by molar-refractivity contribution is -0.140. The Kier molecular flexibility index (Phi) is 12.6. The van der Waals surface area contributed by atoms with Crippen molar-refractivity contribution in [1.29, 1.82) is 0 Å². The minimum atomic E-state index is -4.49. The van der Waals surface area contributed by atoms with E-state index >= 15 is 0 Å². The fraction of sp³-hybridized carbons (Fsp3) is 0.394. The van der Waals surface area contributed by atoms with Crippen molar-refractivity contribution in [2.75, 3.05) is 39.3 Å². The van der Waals surface area contributed by atoms with Crippen LogP contribution in [0.25, 0.3) is 0 Å². The monoisotopic (exact) mass is 659 g/mol. The zero-order chi connectivity index (χ0) is 34.0. The van der Waals surface area contributed by atoms with Crippen molar-refractivity contribution in [3.8, 4) is 23.0 Å². The first-order chi connectivity index (χ1) is 21.9. The molecule has 3 aromatic rings. The highest BCUT2D eigenvalue weighted by Gasteiger charge is 2.35. The highest BCUT2D eigenvalue weighted by atomic mass is 32.2. The summed E-state index contributed by atoms with van der Waals surface area (Å²) in [5.74, 6) is -0.571. The molecule has 0 radical (unpaired) electrons. The van der Waals surface area contributed by atoms with Crippen LogP contribution in [0.4, 0.5) is 10.1 Å². The van der Waals surface area contributed by atoms with Gasteiger partial charge in [0.1, 0.15) is 29.9 Å². The molecule has 0 aliphatic heterocycles. The van der Waals surface area contributed by atoms with Crippen molar-refractivity contribution in [2.45, 2.75) is 57.1 Å². The molecule has 0 heterocycles. The highest BCUT2D eigenvalue weighted by Crippen LogP contribution is 2.38. The molecule has 0 aliphatic carbocycles. The number of nitrogens with one attached hydrogen (secondary N) is 1. The SMILES string of the molecule is CC[C@H](C)NC(=O)[C@H](CC)N(Cc1ccc(F)cc1)C(=O)CN(c1cc(OC)ccc1OC)S(=O)(=O)c1ccc(OC)c(OC)c1. The molecule has 46 heavy (non-hydrogen) atoms. The number of hydrogen-bond donors (Lipinski definition) is 1. The lowest BCUT2D eigenvalue weighted by Crippen LogP contribution is -2.53. The smallest absolute Gasteiger partial charge is 0.265 e. The Labute approximate surface area is 270 Å². The number of halogens is 1. The Morgan fingerprint density at radius 1 is 0.826 bits per heavy atom. The number of hydrogen-bond acceptors (Lipinski definition) is 8. The summed E-state index contributed by atoms with van der Waals surface area (Å²) < 4.78 is 65.0. The van der Waals surface area contributed by atoms with Crippen molar-refractivity contribution in [3.63, 3.8) is 0 Å². The van der Waals surface area contributed by atoms with Crippen molar-refractivity contribution >= 4 is 27.5 Å². The minimum Gasteiger partial charge on any atom is -0.497 e. The van der Waals surface area contributed by atoms with E-state index in [4.69, 9.17) is 18.9 Å². The second-order valence-electron chi connectivity index (χ2n) is 10.5. The molecule has 0 spiro atoms. The molecule has 0 aliphatic rings. The van der Waals surface area contributed by atoms with Gasteiger partial charge in [0.05, 0.1) is 39.0 Å². The van der Waals surface area contributed by atoms with Crippen LogP contribution in [-0.2, 0) is 26.2 Å². The number of rotatable bonds is 16. The number of ether oxygens (including phenoxy) is 4. The van der Waals surface area contributed by atoms with Gasteiger partial charge < -0.3 is 29.2 Å². The van der Waals surface area contributed by atoms with Crippen LogP contribution in [0.15, 0.2) is 65.6 Å². The van der Waals surface area contributed by atoms with Gasteiger partial charge in [0.15, 0.2) is 11.5 Å². The Hall–Kier alpha value is -4.52. The van der Waals surface area contributed by atoms with Gasteiger partial charge in [-0.25, -0.2) is 12.8 Å². The number of nitrogens with zero attached hydrogens (tertiary/aromatic N) is 2. The average molecular weight is 660 g/mol. The van der Waals surface area contributed by atoms with Gasteiger partial charge in [0.25, 0.3) is 10.0 Å². The fourth-order valence-electron chi connectivity index (χ4n) is 4.76. The number of benzene rings is 3. The topological polar surface area (TPSA) is 124 Å². The lowest BCUT2D eigenvalue weighted by Gasteiger charge is -2.34. The van der Waals surface area contributed by atoms with Crippen molar-refractivity contribution in [3.05, 3.63) is 72.0 Å². The van der Waals surface area contributed by atoms with Gasteiger partial charge in [0.2, 0.25) is 11.8 Å². The summed E-state index contributed by atoms with van der Waals surface area (Å²) in [6.07, 6.45) is 0.904. The van der Waals surface area contributed by atoms with Crippen LogP contribution in [0.1, 0.15) is 39.2 Å². The van der Waals surface area contributed by atoms with Crippen LogP contribution in [-0.4, -0.2) is 72.2 Å². The van der Waals surface area contributed by atoms with E-state index in [1.54, 1.807) is 13.0 Å². The quantitative estimate of drug-likeness (QED) is 0.233. The lowest BCUT2D eigenvalue weighted by atomic mass is 10.1. The molecule has 1 N–H and O–H groups in total. The van der Waals surface area contributed by atoms with E-state index in [9.17, 15) is 22.4 Å². The van der Waals surface area contributed by atoms with E-state index in [0.29, 0.717) is 23.5 Å².